The van der Waals surface area contributed by atoms with Crippen LogP contribution in [0.4, 0.5) is 11.4 Å². The van der Waals surface area contributed by atoms with E-state index in [-0.39, 0.29) is 0 Å². The lowest BCUT2D eigenvalue weighted by atomic mass is 10.1. The van der Waals surface area contributed by atoms with Gasteiger partial charge in [-0.2, -0.15) is 0 Å². The van der Waals surface area contributed by atoms with Gasteiger partial charge in [0.2, 0.25) is 0 Å². The normalized spacial score (nSPS) is 13.8. The lowest BCUT2D eigenvalue weighted by Gasteiger charge is -2.32. The van der Waals surface area contributed by atoms with Crippen molar-refractivity contribution in [2.75, 3.05) is 23.3 Å². The quantitative estimate of drug-likeness (QED) is 0.773. The Kier molecular flexibility index (Phi) is 2.96. The molecule has 4 rings (SSSR count). The van der Waals surface area contributed by atoms with Gasteiger partial charge in [0, 0.05) is 31.2 Å². The molecule has 0 bridgehead atoms. The molecule has 0 aliphatic carbocycles. The highest BCUT2D eigenvalue weighted by atomic mass is 15.2. The molecule has 1 N–H and O–H groups in total. The molecule has 0 atom stereocenters. The molecule has 0 amide bonds. The Bertz CT molecular complexity index is 777. The van der Waals surface area contributed by atoms with Crippen LogP contribution in [0.15, 0.2) is 60.8 Å². The van der Waals surface area contributed by atoms with E-state index >= 15 is 0 Å². The van der Waals surface area contributed by atoms with E-state index in [2.05, 4.69) is 63.7 Å². The van der Waals surface area contributed by atoms with Crippen LogP contribution in [-0.2, 0) is 6.54 Å². The van der Waals surface area contributed by atoms with Gasteiger partial charge in [-0.05, 0) is 23.8 Å². The predicted octanol–water partition coefficient (Wildman–Crippen LogP) is 3.67. The Balaban J connectivity index is 1.73. The standard InChI is InChI=1S/C18H17N3/c1-2-9-17-16(8-1)19-11-12-21(17)13-15-6-3-5-14-7-4-10-20-18(14)15/h1-10,19H,11-13H2. The van der Waals surface area contributed by atoms with Gasteiger partial charge < -0.3 is 10.2 Å². The van der Waals surface area contributed by atoms with E-state index in [0.717, 1.165) is 25.2 Å². The summed E-state index contributed by atoms with van der Waals surface area (Å²) in [5, 5.41) is 4.67. The first kappa shape index (κ1) is 12.2. The van der Waals surface area contributed by atoms with E-state index in [1.54, 1.807) is 0 Å². The molecule has 2 heterocycles. The van der Waals surface area contributed by atoms with E-state index in [9.17, 15) is 0 Å². The second-order valence-electron chi connectivity index (χ2n) is 5.36. The van der Waals surface area contributed by atoms with Gasteiger partial charge >= 0.3 is 0 Å². The molecule has 0 spiro atoms. The van der Waals surface area contributed by atoms with Crippen molar-refractivity contribution >= 4 is 22.3 Å². The van der Waals surface area contributed by atoms with E-state index < -0.39 is 0 Å². The maximum atomic E-state index is 4.56. The van der Waals surface area contributed by atoms with Gasteiger partial charge in [-0.15, -0.1) is 0 Å². The number of fused-ring (bicyclic) bond motifs is 2. The molecule has 0 saturated carbocycles. The van der Waals surface area contributed by atoms with Gasteiger partial charge in [-0.25, -0.2) is 0 Å². The first-order chi connectivity index (χ1) is 10.4. The van der Waals surface area contributed by atoms with Gasteiger partial charge in [0.25, 0.3) is 0 Å². The summed E-state index contributed by atoms with van der Waals surface area (Å²) < 4.78 is 0. The summed E-state index contributed by atoms with van der Waals surface area (Å²) in [7, 11) is 0. The summed E-state index contributed by atoms with van der Waals surface area (Å²) in [5.74, 6) is 0. The fourth-order valence-electron chi connectivity index (χ4n) is 3.01. The van der Waals surface area contributed by atoms with Crippen molar-refractivity contribution in [1.29, 1.82) is 0 Å². The molecule has 0 radical (unpaired) electrons. The van der Waals surface area contributed by atoms with Gasteiger partial charge in [0.1, 0.15) is 0 Å². The third-order valence-electron chi connectivity index (χ3n) is 4.02. The smallest absolute Gasteiger partial charge is 0.0751 e. The zero-order valence-electron chi connectivity index (χ0n) is 11.8. The van der Waals surface area contributed by atoms with Crippen LogP contribution >= 0.6 is 0 Å². The van der Waals surface area contributed by atoms with Crippen LogP contribution in [-0.4, -0.2) is 18.1 Å². The van der Waals surface area contributed by atoms with Crippen molar-refractivity contribution in [1.82, 2.24) is 4.98 Å². The van der Waals surface area contributed by atoms with Crippen molar-refractivity contribution in [2.24, 2.45) is 0 Å². The molecule has 3 nitrogen and oxygen atoms in total. The summed E-state index contributed by atoms with van der Waals surface area (Å²) in [6.45, 7) is 2.89. The van der Waals surface area contributed by atoms with E-state index in [0.29, 0.717) is 0 Å². The Morgan fingerprint density at radius 3 is 2.90 bits per heavy atom. The number of rotatable bonds is 2. The monoisotopic (exact) mass is 275 g/mol. The highest BCUT2D eigenvalue weighted by Crippen LogP contribution is 2.30. The second kappa shape index (κ2) is 5.09. The number of nitrogens with zero attached hydrogens (tertiary/aromatic N) is 2. The molecule has 3 heteroatoms. The summed E-state index contributed by atoms with van der Waals surface area (Å²) in [5.41, 5.74) is 4.88. The van der Waals surface area contributed by atoms with Crippen LogP contribution in [0.25, 0.3) is 10.9 Å². The molecule has 2 aromatic carbocycles. The minimum atomic E-state index is 0.896. The first-order valence-corrected chi connectivity index (χ1v) is 7.32. The topological polar surface area (TPSA) is 28.2 Å². The van der Waals surface area contributed by atoms with Gasteiger partial charge in [0.05, 0.1) is 16.9 Å². The molecule has 1 aromatic heterocycles. The molecular formula is C18H17N3. The molecule has 0 unspecified atom stereocenters. The Hall–Kier alpha value is -2.55. The Morgan fingerprint density at radius 2 is 1.90 bits per heavy atom. The minimum absolute atomic E-state index is 0.896. The van der Waals surface area contributed by atoms with Crippen LogP contribution in [0.1, 0.15) is 5.56 Å². The number of hydrogen-bond donors (Lipinski definition) is 1. The predicted molar refractivity (Wildman–Crippen MR) is 87.7 cm³/mol. The van der Waals surface area contributed by atoms with Gasteiger partial charge in [-0.1, -0.05) is 36.4 Å². The van der Waals surface area contributed by atoms with Gasteiger partial charge in [-0.3, -0.25) is 4.98 Å². The summed E-state index contributed by atoms with van der Waals surface area (Å²) in [4.78, 5) is 6.99. The maximum Gasteiger partial charge on any atom is 0.0751 e. The van der Waals surface area contributed by atoms with Crippen molar-refractivity contribution in [3.63, 3.8) is 0 Å². The molecule has 21 heavy (non-hydrogen) atoms. The minimum Gasteiger partial charge on any atom is -0.382 e. The molecular weight excluding hydrogens is 258 g/mol. The second-order valence-corrected chi connectivity index (χ2v) is 5.36. The van der Waals surface area contributed by atoms with Crippen LogP contribution in [0.2, 0.25) is 0 Å². The number of hydrogen-bond acceptors (Lipinski definition) is 3. The average molecular weight is 275 g/mol. The third kappa shape index (κ3) is 2.21. The molecule has 3 aromatic rings. The van der Waals surface area contributed by atoms with E-state index in [1.807, 2.05) is 12.3 Å². The number of anilines is 2. The fraction of sp³-hybridized carbons (Fsp3) is 0.167. The highest BCUT2D eigenvalue weighted by molar-refractivity contribution is 5.82. The molecule has 1 aliphatic heterocycles. The molecule has 0 saturated heterocycles. The molecule has 0 fully saturated rings. The SMILES string of the molecule is c1ccc2c(c1)NCCN2Cc1cccc2cccnc12. The number of para-hydroxylation sites is 3. The summed E-state index contributed by atoms with van der Waals surface area (Å²) in [6, 6.07) is 19.0. The van der Waals surface area contributed by atoms with Crippen molar-refractivity contribution < 1.29 is 0 Å². The number of pyridine rings is 1. The molecule has 104 valence electrons. The van der Waals surface area contributed by atoms with E-state index in [1.165, 1.54) is 22.3 Å². The summed E-state index contributed by atoms with van der Waals surface area (Å²) >= 11 is 0. The van der Waals surface area contributed by atoms with E-state index in [4.69, 9.17) is 0 Å². The van der Waals surface area contributed by atoms with Crippen LogP contribution in [0.5, 0.6) is 0 Å². The van der Waals surface area contributed by atoms with Gasteiger partial charge in [0.15, 0.2) is 0 Å². The summed E-state index contributed by atoms with van der Waals surface area (Å²) in [6.07, 6.45) is 1.87. The lowest BCUT2D eigenvalue weighted by Crippen LogP contribution is -2.33. The highest BCUT2D eigenvalue weighted by Gasteiger charge is 2.16. The van der Waals surface area contributed by atoms with Crippen LogP contribution in [0.3, 0.4) is 0 Å². The van der Waals surface area contributed by atoms with Crippen LogP contribution in [0, 0.1) is 0 Å². The van der Waals surface area contributed by atoms with Crippen molar-refractivity contribution in [3.8, 4) is 0 Å². The van der Waals surface area contributed by atoms with Crippen molar-refractivity contribution in [3.05, 3.63) is 66.4 Å². The largest absolute Gasteiger partial charge is 0.382 e. The third-order valence-corrected chi connectivity index (χ3v) is 4.02. The van der Waals surface area contributed by atoms with Crippen LogP contribution < -0.4 is 10.2 Å². The number of benzene rings is 2. The fourth-order valence-corrected chi connectivity index (χ4v) is 3.01. The maximum absolute atomic E-state index is 4.56. The van der Waals surface area contributed by atoms with Crippen molar-refractivity contribution in [2.45, 2.75) is 6.54 Å². The number of nitrogens with one attached hydrogen (secondary N) is 1. The zero-order chi connectivity index (χ0) is 14.1. The Morgan fingerprint density at radius 1 is 1.00 bits per heavy atom. The Labute approximate surface area is 124 Å². The lowest BCUT2D eigenvalue weighted by molar-refractivity contribution is 0.789. The first-order valence-electron chi connectivity index (χ1n) is 7.32. The number of aromatic nitrogens is 1. The zero-order valence-corrected chi connectivity index (χ0v) is 11.8. The molecule has 1 aliphatic rings. The average Bonchev–Trinajstić information content (AvgIpc) is 2.56.